The molecule has 0 aliphatic carbocycles. The van der Waals surface area contributed by atoms with Gasteiger partial charge in [-0.2, -0.15) is 0 Å². The van der Waals surface area contributed by atoms with Crippen LogP contribution >= 0.6 is 0 Å². The van der Waals surface area contributed by atoms with Gasteiger partial charge in [0.15, 0.2) is 5.82 Å². The highest BCUT2D eigenvalue weighted by atomic mass is 15.1. The molecule has 0 aliphatic rings. The van der Waals surface area contributed by atoms with Crippen LogP contribution in [0.3, 0.4) is 0 Å². The molecule has 25 heavy (non-hydrogen) atoms. The minimum Gasteiger partial charge on any atom is -0.298 e. The molecule has 4 nitrogen and oxygen atoms in total. The van der Waals surface area contributed by atoms with Crippen LogP contribution in [0.4, 0.5) is 0 Å². The van der Waals surface area contributed by atoms with Crippen LogP contribution in [-0.2, 0) is 19.5 Å². The largest absolute Gasteiger partial charge is 0.298 e. The Morgan fingerprint density at radius 2 is 1.56 bits per heavy atom. The first-order chi connectivity index (χ1) is 12.2. The van der Waals surface area contributed by atoms with Crippen LogP contribution in [0.25, 0.3) is 11.4 Å². The summed E-state index contributed by atoms with van der Waals surface area (Å²) >= 11 is 0. The van der Waals surface area contributed by atoms with Crippen LogP contribution < -0.4 is 0 Å². The second-order valence-electron chi connectivity index (χ2n) is 6.40. The molecule has 0 amide bonds. The smallest absolute Gasteiger partial charge is 0.159 e. The molecule has 2 aromatic heterocycles. The molecule has 0 saturated carbocycles. The quantitative estimate of drug-likeness (QED) is 0.683. The van der Waals surface area contributed by atoms with Gasteiger partial charge in [-0.1, -0.05) is 31.2 Å². The predicted octanol–water partition coefficient (Wildman–Crippen LogP) is 4.04. The molecule has 0 radical (unpaired) electrons. The van der Waals surface area contributed by atoms with Crippen molar-refractivity contribution in [1.29, 1.82) is 0 Å². The molecule has 0 saturated heterocycles. The lowest BCUT2D eigenvalue weighted by Crippen LogP contribution is -2.17. The van der Waals surface area contributed by atoms with Gasteiger partial charge in [0, 0.05) is 42.9 Å². The third-order valence-electron chi connectivity index (χ3n) is 4.28. The fourth-order valence-electron chi connectivity index (χ4n) is 2.90. The van der Waals surface area contributed by atoms with E-state index in [1.807, 2.05) is 18.6 Å². The average molecular weight is 332 g/mol. The Labute approximate surface area is 149 Å². The van der Waals surface area contributed by atoms with E-state index in [1.165, 1.54) is 11.1 Å². The van der Waals surface area contributed by atoms with Gasteiger partial charge < -0.3 is 0 Å². The number of aromatic nitrogens is 3. The summed E-state index contributed by atoms with van der Waals surface area (Å²) in [6.45, 7) is 5.99. The van der Waals surface area contributed by atoms with Gasteiger partial charge in [0.05, 0.1) is 0 Å². The zero-order valence-corrected chi connectivity index (χ0v) is 15.1. The van der Waals surface area contributed by atoms with Gasteiger partial charge in [0.2, 0.25) is 0 Å². The van der Waals surface area contributed by atoms with E-state index in [0.29, 0.717) is 0 Å². The molecule has 0 unspecified atom stereocenters. The Morgan fingerprint density at radius 3 is 2.20 bits per heavy atom. The molecule has 128 valence electrons. The van der Waals surface area contributed by atoms with Gasteiger partial charge in [-0.25, -0.2) is 9.97 Å². The number of rotatable bonds is 6. The van der Waals surface area contributed by atoms with Gasteiger partial charge in [0.1, 0.15) is 0 Å². The first-order valence-corrected chi connectivity index (χ1v) is 8.65. The van der Waals surface area contributed by atoms with Crippen LogP contribution in [0, 0.1) is 6.92 Å². The van der Waals surface area contributed by atoms with E-state index in [2.05, 4.69) is 77.1 Å². The minimum absolute atomic E-state index is 0.805. The molecule has 3 aromatic rings. The molecule has 2 heterocycles. The van der Waals surface area contributed by atoms with Gasteiger partial charge in [0.25, 0.3) is 0 Å². The SMILES string of the molecule is CCc1nc(-c2ccc(CN(C)Cc3ccncc3)cc2)ncc1C. The molecule has 0 N–H and O–H groups in total. The average Bonchev–Trinajstić information content (AvgIpc) is 2.63. The van der Waals surface area contributed by atoms with Crippen molar-refractivity contribution in [1.82, 2.24) is 19.9 Å². The molecule has 0 aliphatic heterocycles. The molecular weight excluding hydrogens is 308 g/mol. The topological polar surface area (TPSA) is 41.9 Å². The summed E-state index contributed by atoms with van der Waals surface area (Å²) in [5.74, 6) is 0.805. The number of nitrogens with zero attached hydrogens (tertiary/aromatic N) is 4. The molecule has 0 atom stereocenters. The van der Waals surface area contributed by atoms with Crippen LogP contribution in [0.15, 0.2) is 55.0 Å². The Kier molecular flexibility index (Phi) is 5.51. The molecule has 4 heteroatoms. The summed E-state index contributed by atoms with van der Waals surface area (Å²) in [5, 5.41) is 0. The Bertz CT molecular complexity index is 813. The maximum atomic E-state index is 4.68. The van der Waals surface area contributed by atoms with E-state index in [4.69, 9.17) is 0 Å². The Hall–Kier alpha value is -2.59. The summed E-state index contributed by atoms with van der Waals surface area (Å²) in [6, 6.07) is 12.7. The molecule has 0 fully saturated rings. The number of aryl methyl sites for hydroxylation is 2. The zero-order chi connectivity index (χ0) is 17.6. The van der Waals surface area contributed by atoms with Gasteiger partial charge >= 0.3 is 0 Å². The maximum Gasteiger partial charge on any atom is 0.159 e. The Balaban J connectivity index is 1.68. The third kappa shape index (κ3) is 4.48. The Morgan fingerprint density at radius 1 is 0.920 bits per heavy atom. The lowest BCUT2D eigenvalue weighted by Gasteiger charge is -2.17. The van der Waals surface area contributed by atoms with Crippen LogP contribution in [0.5, 0.6) is 0 Å². The predicted molar refractivity (Wildman–Crippen MR) is 101 cm³/mol. The number of hydrogen-bond donors (Lipinski definition) is 0. The van der Waals surface area contributed by atoms with Gasteiger partial charge in [-0.3, -0.25) is 9.88 Å². The first-order valence-electron chi connectivity index (χ1n) is 8.65. The molecule has 0 spiro atoms. The highest BCUT2D eigenvalue weighted by Crippen LogP contribution is 2.18. The van der Waals surface area contributed by atoms with Crippen molar-refractivity contribution in [2.24, 2.45) is 0 Å². The highest BCUT2D eigenvalue weighted by Gasteiger charge is 2.06. The molecule has 3 rings (SSSR count). The van der Waals surface area contributed by atoms with Crippen LogP contribution in [-0.4, -0.2) is 26.9 Å². The van der Waals surface area contributed by atoms with E-state index in [0.717, 1.165) is 42.2 Å². The zero-order valence-electron chi connectivity index (χ0n) is 15.1. The highest BCUT2D eigenvalue weighted by molar-refractivity contribution is 5.55. The van der Waals surface area contributed by atoms with Crippen molar-refractivity contribution in [2.75, 3.05) is 7.05 Å². The summed E-state index contributed by atoms with van der Waals surface area (Å²) < 4.78 is 0. The van der Waals surface area contributed by atoms with Crippen molar-refractivity contribution in [3.8, 4) is 11.4 Å². The normalized spacial score (nSPS) is 11.0. The van der Waals surface area contributed by atoms with Crippen molar-refractivity contribution >= 4 is 0 Å². The van der Waals surface area contributed by atoms with E-state index in [-0.39, 0.29) is 0 Å². The fraction of sp³-hybridized carbons (Fsp3) is 0.286. The van der Waals surface area contributed by atoms with Crippen molar-refractivity contribution in [2.45, 2.75) is 33.4 Å². The minimum atomic E-state index is 0.805. The van der Waals surface area contributed by atoms with E-state index in [9.17, 15) is 0 Å². The van der Waals surface area contributed by atoms with Gasteiger partial charge in [-0.05, 0) is 49.2 Å². The summed E-state index contributed by atoms with van der Waals surface area (Å²) in [6.07, 6.45) is 6.52. The fourth-order valence-corrected chi connectivity index (χ4v) is 2.90. The van der Waals surface area contributed by atoms with Crippen molar-refractivity contribution < 1.29 is 0 Å². The van der Waals surface area contributed by atoms with Crippen LogP contribution in [0.2, 0.25) is 0 Å². The van der Waals surface area contributed by atoms with E-state index < -0.39 is 0 Å². The lowest BCUT2D eigenvalue weighted by molar-refractivity contribution is 0.319. The standard InChI is InChI=1S/C21H24N4/c1-4-20-16(2)13-23-21(24-20)19-7-5-17(6-8-19)14-25(3)15-18-9-11-22-12-10-18/h5-13H,4,14-15H2,1-3H3. The second kappa shape index (κ2) is 7.99. The van der Waals surface area contributed by atoms with Crippen molar-refractivity contribution in [3.05, 3.63) is 77.4 Å². The molecule has 1 aromatic carbocycles. The maximum absolute atomic E-state index is 4.68. The number of benzene rings is 1. The molecular formula is C21H24N4. The van der Waals surface area contributed by atoms with Crippen molar-refractivity contribution in [3.63, 3.8) is 0 Å². The lowest BCUT2D eigenvalue weighted by atomic mass is 10.1. The van der Waals surface area contributed by atoms with E-state index in [1.54, 1.807) is 0 Å². The van der Waals surface area contributed by atoms with Gasteiger partial charge in [-0.15, -0.1) is 0 Å². The summed E-state index contributed by atoms with van der Waals surface area (Å²) in [7, 11) is 2.13. The first kappa shape index (κ1) is 17.2. The summed E-state index contributed by atoms with van der Waals surface area (Å²) in [4.78, 5) is 15.5. The summed E-state index contributed by atoms with van der Waals surface area (Å²) in [5.41, 5.74) is 5.89. The monoisotopic (exact) mass is 332 g/mol. The second-order valence-corrected chi connectivity index (χ2v) is 6.40. The molecule has 0 bridgehead atoms. The third-order valence-corrected chi connectivity index (χ3v) is 4.28. The number of hydrogen-bond acceptors (Lipinski definition) is 4. The van der Waals surface area contributed by atoms with Crippen LogP contribution in [0.1, 0.15) is 29.3 Å². The number of pyridine rings is 1. The van der Waals surface area contributed by atoms with E-state index >= 15 is 0 Å².